The Morgan fingerprint density at radius 1 is 1.03 bits per heavy atom. The van der Waals surface area contributed by atoms with Gasteiger partial charge in [0.15, 0.2) is 0 Å². The highest BCUT2D eigenvalue weighted by Gasteiger charge is 2.39. The lowest BCUT2D eigenvalue weighted by Crippen LogP contribution is -2.44. The monoisotopic (exact) mass is 446 g/mol. The van der Waals surface area contributed by atoms with Crippen molar-refractivity contribution in [3.63, 3.8) is 0 Å². The largest absolute Gasteiger partial charge is 0.543 e. The molecule has 1 aromatic carbocycles. The van der Waals surface area contributed by atoms with E-state index in [1.165, 1.54) is 23.1 Å². The van der Waals surface area contributed by atoms with Crippen LogP contribution in [0.5, 0.6) is 5.75 Å². The van der Waals surface area contributed by atoms with E-state index in [9.17, 15) is 4.79 Å². The number of benzene rings is 1. The number of methoxy groups -OCH3 is 1. The summed E-state index contributed by atoms with van der Waals surface area (Å²) in [6, 6.07) is 8.81. The number of carbonyl (C=O) groups excluding carboxylic acids is 1. The Labute approximate surface area is 187 Å². The second-order valence-corrected chi connectivity index (χ2v) is 15.5. The molecule has 0 amide bonds. The second-order valence-electron chi connectivity index (χ2n) is 9.75. The normalized spacial score (nSPS) is 12.7. The number of carbonyl (C=O) groups is 1. The van der Waals surface area contributed by atoms with Crippen molar-refractivity contribution in [2.24, 2.45) is 0 Å². The number of aryl methyl sites for hydroxylation is 2. The van der Waals surface area contributed by atoms with E-state index in [0.29, 0.717) is 4.88 Å². The molecule has 0 aliphatic carbocycles. The zero-order valence-corrected chi connectivity index (χ0v) is 22.2. The van der Waals surface area contributed by atoms with E-state index in [1.54, 1.807) is 11.3 Å². The Hall–Kier alpha value is -1.59. The van der Waals surface area contributed by atoms with Crippen molar-refractivity contribution in [2.45, 2.75) is 84.9 Å². The number of hydrogen-bond acceptors (Lipinski definition) is 4. The molecule has 30 heavy (non-hydrogen) atoms. The molecule has 0 aliphatic heterocycles. The van der Waals surface area contributed by atoms with Crippen molar-refractivity contribution >= 4 is 25.6 Å². The maximum atomic E-state index is 12.2. The molecule has 0 radical (unpaired) electrons. The van der Waals surface area contributed by atoms with Gasteiger partial charge in [-0.05, 0) is 73.6 Å². The molecule has 2 aromatic rings. The highest BCUT2D eigenvalue weighted by atomic mass is 32.1. The van der Waals surface area contributed by atoms with Gasteiger partial charge in [0, 0.05) is 10.3 Å². The van der Waals surface area contributed by atoms with Gasteiger partial charge in [-0.15, -0.1) is 11.3 Å². The summed E-state index contributed by atoms with van der Waals surface area (Å²) in [5, 5.41) is 0.160. The first-order valence-corrected chi connectivity index (χ1v) is 14.5. The molecule has 0 fully saturated rings. The summed E-state index contributed by atoms with van der Waals surface area (Å²) in [6.07, 6.45) is 1.93. The quantitative estimate of drug-likeness (QED) is 0.324. The van der Waals surface area contributed by atoms with Crippen LogP contribution in [0.1, 0.15) is 78.7 Å². The van der Waals surface area contributed by atoms with E-state index < -0.39 is 8.32 Å². The van der Waals surface area contributed by atoms with Crippen molar-refractivity contribution in [3.8, 4) is 5.75 Å². The summed E-state index contributed by atoms with van der Waals surface area (Å²) >= 11 is 1.57. The Kier molecular flexibility index (Phi) is 7.30. The van der Waals surface area contributed by atoms with Gasteiger partial charge >= 0.3 is 5.97 Å². The molecule has 0 N–H and O–H groups in total. The SMILES string of the molecule is CCC(CC)(c1ccc(O[Si](C)(C)C(C)(C)C)c(C)c1)c1cc(C)c(C(=O)OC)s1. The van der Waals surface area contributed by atoms with Crippen LogP contribution in [0, 0.1) is 13.8 Å². The highest BCUT2D eigenvalue weighted by molar-refractivity contribution is 7.14. The van der Waals surface area contributed by atoms with E-state index in [-0.39, 0.29) is 16.4 Å². The topological polar surface area (TPSA) is 35.5 Å². The molecule has 0 bridgehead atoms. The number of ether oxygens (including phenoxy) is 1. The Morgan fingerprint density at radius 3 is 2.10 bits per heavy atom. The first-order valence-electron chi connectivity index (χ1n) is 10.8. The molecule has 3 nitrogen and oxygen atoms in total. The van der Waals surface area contributed by atoms with Crippen LogP contribution < -0.4 is 4.43 Å². The molecular weight excluding hydrogens is 408 g/mol. The number of hydrogen-bond donors (Lipinski definition) is 0. The van der Waals surface area contributed by atoms with E-state index in [4.69, 9.17) is 9.16 Å². The summed E-state index contributed by atoms with van der Waals surface area (Å²) < 4.78 is 11.6. The third-order valence-corrected chi connectivity index (χ3v) is 12.6. The molecule has 1 heterocycles. The summed E-state index contributed by atoms with van der Waals surface area (Å²) in [4.78, 5) is 14.1. The molecular formula is C25H38O3SSi. The molecule has 0 spiro atoms. The molecule has 0 unspecified atom stereocenters. The number of rotatable bonds is 7. The molecule has 0 atom stereocenters. The van der Waals surface area contributed by atoms with Crippen LogP contribution in [-0.2, 0) is 10.2 Å². The summed E-state index contributed by atoms with van der Waals surface area (Å²) in [5.41, 5.74) is 3.32. The van der Waals surface area contributed by atoms with Gasteiger partial charge in [-0.25, -0.2) is 4.79 Å². The molecule has 5 heteroatoms. The minimum atomic E-state index is -1.89. The summed E-state index contributed by atoms with van der Waals surface area (Å²) in [5.74, 6) is 0.739. The Bertz CT molecular complexity index is 902. The van der Waals surface area contributed by atoms with Crippen molar-refractivity contribution in [2.75, 3.05) is 7.11 Å². The van der Waals surface area contributed by atoms with Crippen LogP contribution in [0.2, 0.25) is 18.1 Å². The van der Waals surface area contributed by atoms with Crippen LogP contribution in [0.25, 0.3) is 0 Å². The summed E-state index contributed by atoms with van der Waals surface area (Å²) in [7, 11) is -0.448. The van der Waals surface area contributed by atoms with E-state index in [0.717, 1.165) is 24.2 Å². The number of esters is 1. The van der Waals surface area contributed by atoms with Crippen LogP contribution in [0.4, 0.5) is 0 Å². The van der Waals surface area contributed by atoms with Crippen molar-refractivity contribution in [3.05, 3.63) is 50.7 Å². The third kappa shape index (κ3) is 4.52. The summed E-state index contributed by atoms with van der Waals surface area (Å²) in [6.45, 7) is 19.9. The minimum Gasteiger partial charge on any atom is -0.543 e. The van der Waals surface area contributed by atoms with Crippen LogP contribution >= 0.6 is 11.3 Å². The maximum Gasteiger partial charge on any atom is 0.348 e. The molecule has 2 rings (SSSR count). The molecule has 0 aliphatic rings. The average Bonchev–Trinajstić information content (AvgIpc) is 3.05. The third-order valence-electron chi connectivity index (χ3n) is 6.87. The van der Waals surface area contributed by atoms with Gasteiger partial charge in [0.2, 0.25) is 8.32 Å². The van der Waals surface area contributed by atoms with Gasteiger partial charge in [-0.3, -0.25) is 0 Å². The fraction of sp³-hybridized carbons (Fsp3) is 0.560. The minimum absolute atomic E-state index is 0.123. The van der Waals surface area contributed by atoms with E-state index >= 15 is 0 Å². The zero-order valence-electron chi connectivity index (χ0n) is 20.4. The first-order chi connectivity index (χ1) is 13.8. The average molecular weight is 447 g/mol. The number of thiophene rings is 1. The van der Waals surface area contributed by atoms with E-state index in [1.807, 2.05) is 6.92 Å². The van der Waals surface area contributed by atoms with Gasteiger partial charge in [0.05, 0.1) is 7.11 Å². The van der Waals surface area contributed by atoms with Crippen molar-refractivity contribution in [1.29, 1.82) is 0 Å². The Balaban J connectivity index is 2.51. The lowest BCUT2D eigenvalue weighted by Gasteiger charge is -2.37. The zero-order chi connectivity index (χ0) is 22.9. The van der Waals surface area contributed by atoms with Crippen molar-refractivity contribution < 1.29 is 14.0 Å². The second kappa shape index (κ2) is 8.87. The molecule has 1 aromatic heterocycles. The Morgan fingerprint density at radius 2 is 1.63 bits per heavy atom. The van der Waals surface area contributed by atoms with Gasteiger partial charge in [-0.1, -0.05) is 46.8 Å². The van der Waals surface area contributed by atoms with E-state index in [2.05, 4.69) is 78.9 Å². The first kappa shape index (κ1) is 24.7. The predicted molar refractivity (Wildman–Crippen MR) is 131 cm³/mol. The lowest BCUT2D eigenvalue weighted by atomic mass is 9.74. The smallest absolute Gasteiger partial charge is 0.348 e. The van der Waals surface area contributed by atoms with Gasteiger partial charge in [-0.2, -0.15) is 0 Å². The molecule has 166 valence electrons. The maximum absolute atomic E-state index is 12.2. The fourth-order valence-corrected chi connectivity index (χ4v) is 6.18. The lowest BCUT2D eigenvalue weighted by molar-refractivity contribution is 0.0605. The molecule has 0 saturated heterocycles. The predicted octanol–water partition coefficient (Wildman–Crippen LogP) is 7.64. The van der Waals surface area contributed by atoms with Crippen LogP contribution in [-0.4, -0.2) is 21.4 Å². The molecule has 0 saturated carbocycles. The van der Waals surface area contributed by atoms with Crippen LogP contribution in [0.15, 0.2) is 24.3 Å². The van der Waals surface area contributed by atoms with Crippen molar-refractivity contribution in [1.82, 2.24) is 0 Å². The van der Waals surface area contributed by atoms with Gasteiger partial charge in [0.25, 0.3) is 0 Å². The fourth-order valence-electron chi connectivity index (χ4n) is 3.65. The van der Waals surface area contributed by atoms with Gasteiger partial charge in [0.1, 0.15) is 10.6 Å². The highest BCUT2D eigenvalue weighted by Crippen LogP contribution is 2.45. The van der Waals surface area contributed by atoms with Crippen LogP contribution in [0.3, 0.4) is 0 Å². The van der Waals surface area contributed by atoms with Gasteiger partial charge < -0.3 is 9.16 Å². The standard InChI is InChI=1S/C25H38O3SSi/c1-11-25(12-2,21-16-18(4)22(29-21)23(26)27-8)19-13-14-20(17(3)15-19)28-30(9,10)24(5,6)7/h13-16H,11-12H2,1-10H3.